The van der Waals surface area contributed by atoms with Gasteiger partial charge in [-0.1, -0.05) is 11.6 Å². The minimum atomic E-state index is -0.122. The molecule has 2 aromatic rings. The number of H-pyrrole nitrogens is 1. The smallest absolute Gasteiger partial charge is 0.249 e. The summed E-state index contributed by atoms with van der Waals surface area (Å²) < 4.78 is 10.7. The lowest BCUT2D eigenvalue weighted by Gasteiger charge is -2.13. The first-order chi connectivity index (χ1) is 11.8. The number of aromatic nitrogens is 2. The van der Waals surface area contributed by atoms with Gasteiger partial charge >= 0.3 is 0 Å². The van der Waals surface area contributed by atoms with E-state index in [4.69, 9.17) is 9.47 Å². The van der Waals surface area contributed by atoms with Gasteiger partial charge in [-0.2, -0.15) is 16.9 Å². The number of aromatic amines is 1. The molecule has 1 aromatic heterocycles. The number of hydrogen-bond donors (Lipinski definition) is 2. The summed E-state index contributed by atoms with van der Waals surface area (Å²) in [7, 11) is 0. The summed E-state index contributed by atoms with van der Waals surface area (Å²) >= 11 is 1.93. The molecule has 0 bridgehead atoms. The van der Waals surface area contributed by atoms with E-state index in [0.29, 0.717) is 11.6 Å². The molecule has 1 aromatic carbocycles. The molecule has 24 heavy (non-hydrogen) atoms. The standard InChI is InChI=1S/C17H17N3O3S/c21-16(7-11-3-5-24-6-4-11)19-17-13(9-18-20-17)12-1-2-14-15(8-12)23-10-22-14/h1-2,7-9H,3-6,10H2,(H2,18,19,20,21). The Kier molecular flexibility index (Phi) is 4.17. The maximum atomic E-state index is 12.3. The molecule has 7 heteroatoms. The van der Waals surface area contributed by atoms with E-state index in [9.17, 15) is 4.79 Å². The molecule has 0 radical (unpaired) electrons. The Labute approximate surface area is 143 Å². The zero-order chi connectivity index (χ0) is 16.4. The van der Waals surface area contributed by atoms with E-state index in [1.807, 2.05) is 30.0 Å². The van der Waals surface area contributed by atoms with E-state index in [2.05, 4.69) is 15.5 Å². The van der Waals surface area contributed by atoms with Crippen LogP contribution in [0.15, 0.2) is 36.0 Å². The number of ether oxygens (including phenoxy) is 2. The molecule has 0 saturated carbocycles. The van der Waals surface area contributed by atoms with Crippen molar-refractivity contribution >= 4 is 23.5 Å². The maximum Gasteiger partial charge on any atom is 0.249 e. The van der Waals surface area contributed by atoms with Crippen LogP contribution in [0.3, 0.4) is 0 Å². The van der Waals surface area contributed by atoms with Crippen LogP contribution in [0.25, 0.3) is 11.1 Å². The van der Waals surface area contributed by atoms with Gasteiger partial charge in [-0.05, 0) is 42.0 Å². The third kappa shape index (κ3) is 3.12. The monoisotopic (exact) mass is 343 g/mol. The van der Waals surface area contributed by atoms with Crippen molar-refractivity contribution in [3.63, 3.8) is 0 Å². The molecule has 1 amide bonds. The Morgan fingerprint density at radius 3 is 2.96 bits per heavy atom. The SMILES string of the molecule is O=C(C=C1CCSCC1)Nc1[nH]ncc1-c1ccc2c(c1)OCO2. The van der Waals surface area contributed by atoms with Crippen LogP contribution in [0.2, 0.25) is 0 Å². The molecule has 0 atom stereocenters. The summed E-state index contributed by atoms with van der Waals surface area (Å²) in [6.45, 7) is 0.236. The molecular formula is C17H17N3O3S. The number of hydrogen-bond acceptors (Lipinski definition) is 5. The summed E-state index contributed by atoms with van der Waals surface area (Å²) in [4.78, 5) is 12.3. The number of nitrogens with one attached hydrogen (secondary N) is 2. The highest BCUT2D eigenvalue weighted by molar-refractivity contribution is 7.99. The molecule has 2 N–H and O–H groups in total. The van der Waals surface area contributed by atoms with Gasteiger partial charge in [0, 0.05) is 11.6 Å². The van der Waals surface area contributed by atoms with E-state index in [1.54, 1.807) is 12.3 Å². The Hall–Kier alpha value is -2.41. The van der Waals surface area contributed by atoms with Gasteiger partial charge in [-0.3, -0.25) is 9.89 Å². The number of carbonyl (C=O) groups excluding carboxylic acids is 1. The average Bonchev–Trinajstić information content (AvgIpc) is 3.23. The van der Waals surface area contributed by atoms with E-state index in [0.717, 1.165) is 41.2 Å². The number of fused-ring (bicyclic) bond motifs is 1. The molecule has 6 nitrogen and oxygen atoms in total. The highest BCUT2D eigenvalue weighted by Gasteiger charge is 2.17. The number of allylic oxidation sites excluding steroid dienone is 1. The molecule has 2 aliphatic heterocycles. The number of benzene rings is 1. The number of nitrogens with zero attached hydrogens (tertiary/aromatic N) is 1. The first-order valence-electron chi connectivity index (χ1n) is 7.81. The van der Waals surface area contributed by atoms with Crippen molar-refractivity contribution in [1.82, 2.24) is 10.2 Å². The third-order valence-electron chi connectivity index (χ3n) is 4.04. The van der Waals surface area contributed by atoms with Gasteiger partial charge in [0.25, 0.3) is 0 Å². The first kappa shape index (κ1) is 15.1. The molecule has 2 aliphatic rings. The summed E-state index contributed by atoms with van der Waals surface area (Å²) in [5, 5.41) is 9.80. The second kappa shape index (κ2) is 6.60. The van der Waals surface area contributed by atoms with Gasteiger partial charge in [-0.25, -0.2) is 0 Å². The molecule has 1 fully saturated rings. The minimum absolute atomic E-state index is 0.122. The third-order valence-corrected chi connectivity index (χ3v) is 5.03. The lowest BCUT2D eigenvalue weighted by molar-refractivity contribution is -0.112. The molecule has 3 heterocycles. The van der Waals surface area contributed by atoms with Gasteiger partial charge in [0.1, 0.15) is 5.82 Å². The maximum absolute atomic E-state index is 12.3. The van der Waals surface area contributed by atoms with Crippen molar-refractivity contribution in [1.29, 1.82) is 0 Å². The summed E-state index contributed by atoms with van der Waals surface area (Å²) in [6.07, 6.45) is 5.37. The zero-order valence-electron chi connectivity index (χ0n) is 13.0. The van der Waals surface area contributed by atoms with E-state index < -0.39 is 0 Å². The number of rotatable bonds is 3. The van der Waals surface area contributed by atoms with Crippen molar-refractivity contribution < 1.29 is 14.3 Å². The summed E-state index contributed by atoms with van der Waals surface area (Å²) in [5.74, 6) is 4.07. The fraction of sp³-hybridized carbons (Fsp3) is 0.294. The normalized spacial score (nSPS) is 16.1. The molecule has 0 unspecified atom stereocenters. The van der Waals surface area contributed by atoms with E-state index >= 15 is 0 Å². The van der Waals surface area contributed by atoms with E-state index in [-0.39, 0.29) is 12.7 Å². The van der Waals surface area contributed by atoms with Gasteiger partial charge < -0.3 is 14.8 Å². The average molecular weight is 343 g/mol. The minimum Gasteiger partial charge on any atom is -0.454 e. The number of carbonyl (C=O) groups is 1. The first-order valence-corrected chi connectivity index (χ1v) is 8.96. The van der Waals surface area contributed by atoms with Crippen LogP contribution in [0.1, 0.15) is 12.8 Å². The predicted octanol–water partition coefficient (Wildman–Crippen LogP) is 3.20. The topological polar surface area (TPSA) is 76.2 Å². The number of anilines is 1. The Morgan fingerprint density at radius 2 is 2.08 bits per heavy atom. The lowest BCUT2D eigenvalue weighted by atomic mass is 10.1. The zero-order valence-corrected chi connectivity index (χ0v) is 13.8. The lowest BCUT2D eigenvalue weighted by Crippen LogP contribution is -2.11. The molecular weight excluding hydrogens is 326 g/mol. The number of thioether (sulfide) groups is 1. The summed E-state index contributed by atoms with van der Waals surface area (Å²) in [5.41, 5.74) is 2.93. The highest BCUT2D eigenvalue weighted by Crippen LogP contribution is 2.37. The van der Waals surface area contributed by atoms with Gasteiger partial charge in [0.15, 0.2) is 11.5 Å². The van der Waals surface area contributed by atoms with Crippen LogP contribution >= 0.6 is 11.8 Å². The molecule has 0 spiro atoms. The van der Waals surface area contributed by atoms with Gasteiger partial charge in [0.05, 0.1) is 6.20 Å². The number of amides is 1. The van der Waals surface area contributed by atoms with Crippen molar-refractivity contribution in [2.75, 3.05) is 23.6 Å². The van der Waals surface area contributed by atoms with Crippen molar-refractivity contribution in [3.05, 3.63) is 36.0 Å². The van der Waals surface area contributed by atoms with Crippen LogP contribution in [-0.2, 0) is 4.79 Å². The molecule has 4 rings (SSSR count). The van der Waals surface area contributed by atoms with Crippen molar-refractivity contribution in [2.24, 2.45) is 0 Å². The highest BCUT2D eigenvalue weighted by atomic mass is 32.2. The van der Waals surface area contributed by atoms with E-state index in [1.165, 1.54) is 5.57 Å². The second-order valence-electron chi connectivity index (χ2n) is 5.63. The van der Waals surface area contributed by atoms with Crippen LogP contribution in [-0.4, -0.2) is 34.4 Å². The van der Waals surface area contributed by atoms with Crippen LogP contribution < -0.4 is 14.8 Å². The Morgan fingerprint density at radius 1 is 1.25 bits per heavy atom. The quantitative estimate of drug-likeness (QED) is 0.837. The second-order valence-corrected chi connectivity index (χ2v) is 6.86. The van der Waals surface area contributed by atoms with Crippen LogP contribution in [0.5, 0.6) is 11.5 Å². The molecule has 0 aliphatic carbocycles. The Bertz CT molecular complexity index is 792. The van der Waals surface area contributed by atoms with Crippen LogP contribution in [0, 0.1) is 0 Å². The predicted molar refractivity (Wildman–Crippen MR) is 93.4 cm³/mol. The van der Waals surface area contributed by atoms with Crippen molar-refractivity contribution in [3.8, 4) is 22.6 Å². The fourth-order valence-corrected chi connectivity index (χ4v) is 3.80. The fourth-order valence-electron chi connectivity index (χ4n) is 2.79. The molecule has 124 valence electrons. The Balaban J connectivity index is 1.53. The summed E-state index contributed by atoms with van der Waals surface area (Å²) in [6, 6.07) is 5.67. The molecule has 1 saturated heterocycles. The largest absolute Gasteiger partial charge is 0.454 e. The van der Waals surface area contributed by atoms with Crippen LogP contribution in [0.4, 0.5) is 5.82 Å². The van der Waals surface area contributed by atoms with Gasteiger partial charge in [0.2, 0.25) is 12.7 Å². The van der Waals surface area contributed by atoms with Gasteiger partial charge in [-0.15, -0.1) is 0 Å². The van der Waals surface area contributed by atoms with Crippen molar-refractivity contribution in [2.45, 2.75) is 12.8 Å².